The lowest BCUT2D eigenvalue weighted by molar-refractivity contribution is 1.32. The Hall–Kier alpha value is -1.89. The summed E-state index contributed by atoms with van der Waals surface area (Å²) in [5.41, 5.74) is 3.50. The standard InChI is InChI=1S/C14H13N/c1-2-6-12-9-14(11-15-10-12)13-7-4-3-5-8-13/h2-11H,1H3. The summed E-state index contributed by atoms with van der Waals surface area (Å²) < 4.78 is 0. The molecule has 0 amide bonds. The lowest BCUT2D eigenvalue weighted by Gasteiger charge is -2.01. The van der Waals surface area contributed by atoms with Crippen LogP contribution in [-0.4, -0.2) is 4.98 Å². The number of pyridine rings is 1. The maximum atomic E-state index is 4.23. The third kappa shape index (κ3) is 2.32. The molecule has 0 bridgehead atoms. The molecule has 1 aromatic heterocycles. The molecule has 0 unspecified atom stereocenters. The van der Waals surface area contributed by atoms with Gasteiger partial charge in [0.1, 0.15) is 0 Å². The van der Waals surface area contributed by atoms with Crippen LogP contribution in [0, 0.1) is 0 Å². The number of hydrogen-bond donors (Lipinski definition) is 0. The van der Waals surface area contributed by atoms with E-state index in [4.69, 9.17) is 0 Å². The number of allylic oxidation sites excluding steroid dienone is 1. The smallest absolute Gasteiger partial charge is 0.0346 e. The topological polar surface area (TPSA) is 12.9 Å². The van der Waals surface area contributed by atoms with E-state index in [1.807, 2.05) is 43.6 Å². The molecule has 0 aliphatic carbocycles. The summed E-state index contributed by atoms with van der Waals surface area (Å²) >= 11 is 0. The fourth-order valence-electron chi connectivity index (χ4n) is 1.53. The van der Waals surface area contributed by atoms with E-state index in [9.17, 15) is 0 Å². The van der Waals surface area contributed by atoms with E-state index in [2.05, 4.69) is 29.3 Å². The van der Waals surface area contributed by atoms with E-state index >= 15 is 0 Å². The molecule has 0 radical (unpaired) electrons. The predicted octanol–water partition coefficient (Wildman–Crippen LogP) is 3.78. The summed E-state index contributed by atoms with van der Waals surface area (Å²) in [6.07, 6.45) is 7.83. The van der Waals surface area contributed by atoms with Gasteiger partial charge in [-0.25, -0.2) is 0 Å². The number of aromatic nitrogens is 1. The summed E-state index contributed by atoms with van der Waals surface area (Å²) in [6.45, 7) is 2.01. The predicted molar refractivity (Wildman–Crippen MR) is 64.4 cm³/mol. The third-order valence-corrected chi connectivity index (χ3v) is 2.23. The Labute approximate surface area is 90.1 Å². The van der Waals surface area contributed by atoms with Crippen molar-refractivity contribution in [1.29, 1.82) is 0 Å². The van der Waals surface area contributed by atoms with Crippen molar-refractivity contribution in [2.45, 2.75) is 6.92 Å². The van der Waals surface area contributed by atoms with Crippen molar-refractivity contribution in [2.75, 3.05) is 0 Å². The highest BCUT2D eigenvalue weighted by atomic mass is 14.6. The van der Waals surface area contributed by atoms with Crippen molar-refractivity contribution in [3.05, 3.63) is 60.4 Å². The van der Waals surface area contributed by atoms with Crippen LogP contribution < -0.4 is 0 Å². The normalized spacial score (nSPS) is 10.7. The van der Waals surface area contributed by atoms with Gasteiger partial charge in [-0.05, 0) is 24.1 Å². The number of nitrogens with zero attached hydrogens (tertiary/aromatic N) is 1. The minimum atomic E-state index is 1.14. The zero-order valence-corrected chi connectivity index (χ0v) is 8.72. The fraction of sp³-hybridized carbons (Fsp3) is 0.0714. The molecule has 15 heavy (non-hydrogen) atoms. The van der Waals surface area contributed by atoms with Crippen LogP contribution in [0.2, 0.25) is 0 Å². The minimum absolute atomic E-state index is 1.14. The molecule has 1 aromatic carbocycles. The van der Waals surface area contributed by atoms with Crippen LogP contribution >= 0.6 is 0 Å². The van der Waals surface area contributed by atoms with Crippen molar-refractivity contribution in [2.24, 2.45) is 0 Å². The molecule has 74 valence electrons. The molecule has 0 aliphatic heterocycles. The van der Waals surface area contributed by atoms with Gasteiger partial charge in [0.2, 0.25) is 0 Å². The van der Waals surface area contributed by atoms with Crippen LogP contribution in [0.3, 0.4) is 0 Å². The number of rotatable bonds is 2. The van der Waals surface area contributed by atoms with Crippen LogP contribution in [0.5, 0.6) is 0 Å². The molecule has 2 aromatic rings. The van der Waals surface area contributed by atoms with Gasteiger partial charge in [0.25, 0.3) is 0 Å². The summed E-state index contributed by atoms with van der Waals surface area (Å²) in [7, 11) is 0. The van der Waals surface area contributed by atoms with Crippen LogP contribution in [0.1, 0.15) is 12.5 Å². The van der Waals surface area contributed by atoms with E-state index < -0.39 is 0 Å². The zero-order valence-electron chi connectivity index (χ0n) is 8.72. The van der Waals surface area contributed by atoms with Gasteiger partial charge in [0, 0.05) is 18.0 Å². The van der Waals surface area contributed by atoms with Crippen LogP contribution in [0.25, 0.3) is 17.2 Å². The molecular weight excluding hydrogens is 182 g/mol. The summed E-state index contributed by atoms with van der Waals surface area (Å²) in [6, 6.07) is 12.4. The highest BCUT2D eigenvalue weighted by Gasteiger charge is 1.96. The molecule has 0 N–H and O–H groups in total. The Morgan fingerprint density at radius 3 is 2.53 bits per heavy atom. The lowest BCUT2D eigenvalue weighted by atomic mass is 10.1. The Morgan fingerprint density at radius 2 is 1.80 bits per heavy atom. The van der Waals surface area contributed by atoms with Gasteiger partial charge >= 0.3 is 0 Å². The van der Waals surface area contributed by atoms with E-state index in [1.54, 1.807) is 0 Å². The van der Waals surface area contributed by atoms with Crippen molar-refractivity contribution >= 4 is 6.08 Å². The fourth-order valence-corrected chi connectivity index (χ4v) is 1.53. The van der Waals surface area contributed by atoms with Gasteiger partial charge in [-0.3, -0.25) is 4.98 Å². The molecule has 0 aliphatic rings. The van der Waals surface area contributed by atoms with E-state index in [1.165, 1.54) is 5.56 Å². The Kier molecular flexibility index (Phi) is 2.93. The van der Waals surface area contributed by atoms with Crippen molar-refractivity contribution in [3.63, 3.8) is 0 Å². The summed E-state index contributed by atoms with van der Waals surface area (Å²) in [5.74, 6) is 0. The molecule has 0 fully saturated rings. The monoisotopic (exact) mass is 195 g/mol. The Balaban J connectivity index is 2.41. The molecule has 0 spiro atoms. The SMILES string of the molecule is CC=Cc1cncc(-c2ccccc2)c1. The van der Waals surface area contributed by atoms with Crippen molar-refractivity contribution < 1.29 is 0 Å². The van der Waals surface area contributed by atoms with Gasteiger partial charge in [0.05, 0.1) is 0 Å². The molecule has 1 heteroatoms. The average Bonchev–Trinajstić information content (AvgIpc) is 2.31. The molecular formula is C14H13N. The van der Waals surface area contributed by atoms with Gasteiger partial charge in [-0.15, -0.1) is 0 Å². The van der Waals surface area contributed by atoms with Crippen molar-refractivity contribution in [3.8, 4) is 11.1 Å². The minimum Gasteiger partial charge on any atom is -0.263 e. The second kappa shape index (κ2) is 4.56. The van der Waals surface area contributed by atoms with E-state index in [0.717, 1.165) is 11.1 Å². The number of hydrogen-bond acceptors (Lipinski definition) is 1. The maximum absolute atomic E-state index is 4.23. The van der Waals surface area contributed by atoms with Gasteiger partial charge in [-0.2, -0.15) is 0 Å². The van der Waals surface area contributed by atoms with Gasteiger partial charge in [0.15, 0.2) is 0 Å². The second-order valence-corrected chi connectivity index (χ2v) is 3.37. The first-order valence-electron chi connectivity index (χ1n) is 5.03. The van der Waals surface area contributed by atoms with Crippen LogP contribution in [0.15, 0.2) is 54.9 Å². The number of benzene rings is 1. The molecule has 2 rings (SSSR count). The first-order chi connectivity index (χ1) is 7.40. The quantitative estimate of drug-likeness (QED) is 0.710. The van der Waals surface area contributed by atoms with Crippen LogP contribution in [0.4, 0.5) is 0 Å². The van der Waals surface area contributed by atoms with Crippen molar-refractivity contribution in [1.82, 2.24) is 4.98 Å². The second-order valence-electron chi connectivity index (χ2n) is 3.37. The van der Waals surface area contributed by atoms with E-state index in [0.29, 0.717) is 0 Å². The van der Waals surface area contributed by atoms with Gasteiger partial charge in [-0.1, -0.05) is 42.5 Å². The third-order valence-electron chi connectivity index (χ3n) is 2.23. The van der Waals surface area contributed by atoms with Crippen LogP contribution in [-0.2, 0) is 0 Å². The molecule has 0 saturated heterocycles. The first kappa shape index (κ1) is 9.66. The molecule has 0 saturated carbocycles. The van der Waals surface area contributed by atoms with Gasteiger partial charge < -0.3 is 0 Å². The lowest BCUT2D eigenvalue weighted by Crippen LogP contribution is -1.81. The van der Waals surface area contributed by atoms with E-state index in [-0.39, 0.29) is 0 Å². The molecule has 1 heterocycles. The Morgan fingerprint density at radius 1 is 1.00 bits per heavy atom. The summed E-state index contributed by atoms with van der Waals surface area (Å²) in [5, 5.41) is 0. The highest BCUT2D eigenvalue weighted by Crippen LogP contribution is 2.19. The average molecular weight is 195 g/mol. The zero-order chi connectivity index (χ0) is 10.5. The molecule has 0 atom stereocenters. The first-order valence-corrected chi connectivity index (χ1v) is 5.03. The summed E-state index contributed by atoms with van der Waals surface area (Å²) in [4.78, 5) is 4.23. The molecule has 1 nitrogen and oxygen atoms in total. The Bertz CT molecular complexity index is 458. The largest absolute Gasteiger partial charge is 0.263 e. The maximum Gasteiger partial charge on any atom is 0.0346 e. The highest BCUT2D eigenvalue weighted by molar-refractivity contribution is 5.65.